The van der Waals surface area contributed by atoms with Crippen LogP contribution in [-0.4, -0.2) is 17.0 Å². The molecule has 0 aromatic heterocycles. The molecule has 1 aliphatic heterocycles. The van der Waals surface area contributed by atoms with Gasteiger partial charge in [-0.05, 0) is 18.8 Å². The fraction of sp³-hybridized carbons (Fsp3) is 0.778. The van der Waals surface area contributed by atoms with Crippen molar-refractivity contribution >= 4 is 5.71 Å². The number of hydrogen-bond donors (Lipinski definition) is 1. The molecule has 0 spiro atoms. The van der Waals surface area contributed by atoms with E-state index in [0.717, 1.165) is 5.71 Å². The highest BCUT2D eigenvalue weighted by molar-refractivity contribution is 5.88. The van der Waals surface area contributed by atoms with Crippen LogP contribution in [0.1, 0.15) is 13.8 Å². The van der Waals surface area contributed by atoms with Gasteiger partial charge in [0, 0.05) is 11.6 Å². The summed E-state index contributed by atoms with van der Waals surface area (Å²) < 4.78 is 0. The highest BCUT2D eigenvalue weighted by Gasteiger charge is 2.57. The number of hydrogen-bond acceptors (Lipinski definition) is 3. The number of nitriles is 1. The third kappa shape index (κ3) is 0.818. The molecule has 2 aliphatic rings. The van der Waals surface area contributed by atoms with Gasteiger partial charge in [-0.25, -0.2) is 0 Å². The summed E-state index contributed by atoms with van der Waals surface area (Å²) in [6.07, 6.45) is -0.547. The molecule has 0 aromatic rings. The van der Waals surface area contributed by atoms with Crippen LogP contribution in [0.5, 0.6) is 0 Å². The summed E-state index contributed by atoms with van der Waals surface area (Å²) in [6.45, 7) is 3.91. The minimum Gasteiger partial charge on any atom is -0.371 e. The number of fused-ring (bicyclic) bond motifs is 1. The molecule has 0 bridgehead atoms. The maximum atomic E-state index is 9.48. The highest BCUT2D eigenvalue weighted by atomic mass is 16.3. The zero-order chi connectivity index (χ0) is 8.88. The summed E-state index contributed by atoms with van der Waals surface area (Å²) in [7, 11) is 0. The molecule has 64 valence electrons. The fourth-order valence-electron chi connectivity index (χ4n) is 2.35. The van der Waals surface area contributed by atoms with E-state index in [0.29, 0.717) is 11.8 Å². The normalized spacial score (nSPS) is 50.5. The average molecular weight is 164 g/mol. The van der Waals surface area contributed by atoms with E-state index in [-0.39, 0.29) is 11.8 Å². The van der Waals surface area contributed by atoms with Crippen LogP contribution in [0.4, 0.5) is 0 Å². The van der Waals surface area contributed by atoms with Crippen LogP contribution in [0.15, 0.2) is 4.99 Å². The summed E-state index contributed by atoms with van der Waals surface area (Å²) >= 11 is 0. The van der Waals surface area contributed by atoms with Crippen molar-refractivity contribution in [1.82, 2.24) is 0 Å². The van der Waals surface area contributed by atoms with Crippen molar-refractivity contribution in [2.24, 2.45) is 28.7 Å². The lowest BCUT2D eigenvalue weighted by Crippen LogP contribution is -2.24. The summed E-state index contributed by atoms with van der Waals surface area (Å²) in [5.74, 6) is 1.03. The van der Waals surface area contributed by atoms with Crippen LogP contribution < -0.4 is 0 Å². The van der Waals surface area contributed by atoms with Crippen molar-refractivity contribution in [2.75, 3.05) is 0 Å². The Morgan fingerprint density at radius 3 is 2.75 bits per heavy atom. The zero-order valence-corrected chi connectivity index (χ0v) is 7.23. The molecule has 1 N–H and O–H groups in total. The minimum atomic E-state index is -0.547. The van der Waals surface area contributed by atoms with Crippen LogP contribution in [0.3, 0.4) is 0 Å². The van der Waals surface area contributed by atoms with Crippen molar-refractivity contribution in [2.45, 2.75) is 20.1 Å². The zero-order valence-electron chi connectivity index (χ0n) is 7.23. The molecule has 1 fully saturated rings. The maximum absolute atomic E-state index is 9.48. The van der Waals surface area contributed by atoms with Gasteiger partial charge in [0.05, 0.1) is 12.0 Å². The molecule has 12 heavy (non-hydrogen) atoms. The van der Waals surface area contributed by atoms with E-state index in [1.54, 1.807) is 0 Å². The van der Waals surface area contributed by atoms with Crippen molar-refractivity contribution < 1.29 is 5.11 Å². The van der Waals surface area contributed by atoms with Crippen molar-refractivity contribution in [1.29, 1.82) is 5.26 Å². The second kappa shape index (κ2) is 2.30. The van der Waals surface area contributed by atoms with Gasteiger partial charge in [0.25, 0.3) is 0 Å². The lowest BCUT2D eigenvalue weighted by Gasteiger charge is -2.16. The van der Waals surface area contributed by atoms with Gasteiger partial charge in [0.2, 0.25) is 0 Å². The quantitative estimate of drug-likeness (QED) is 0.575. The summed E-state index contributed by atoms with van der Waals surface area (Å²) in [5, 5.41) is 18.3. The largest absolute Gasteiger partial charge is 0.371 e. The Kier molecular flexibility index (Phi) is 1.49. The van der Waals surface area contributed by atoms with Gasteiger partial charge in [-0.15, -0.1) is 0 Å². The molecule has 0 aromatic carbocycles. The van der Waals surface area contributed by atoms with Crippen molar-refractivity contribution in [3.63, 3.8) is 0 Å². The topological polar surface area (TPSA) is 56.4 Å². The number of nitrogens with zero attached hydrogens (tertiary/aromatic N) is 2. The van der Waals surface area contributed by atoms with E-state index in [1.165, 1.54) is 0 Å². The molecule has 3 heteroatoms. The summed E-state index contributed by atoms with van der Waals surface area (Å²) in [4.78, 5) is 4.06. The third-order valence-electron chi connectivity index (χ3n) is 3.17. The molecule has 1 aliphatic carbocycles. The number of aliphatic hydroxyl groups is 1. The van der Waals surface area contributed by atoms with Crippen LogP contribution in [0.25, 0.3) is 0 Å². The fourth-order valence-corrected chi connectivity index (χ4v) is 2.35. The van der Waals surface area contributed by atoms with Gasteiger partial charge in [0.15, 0.2) is 0 Å². The first-order valence-corrected chi connectivity index (χ1v) is 4.28. The van der Waals surface area contributed by atoms with Gasteiger partial charge in [-0.1, -0.05) is 6.92 Å². The first-order valence-electron chi connectivity index (χ1n) is 4.28. The van der Waals surface area contributed by atoms with Crippen molar-refractivity contribution in [3.8, 4) is 6.07 Å². The monoisotopic (exact) mass is 164 g/mol. The van der Waals surface area contributed by atoms with Crippen LogP contribution >= 0.6 is 0 Å². The first-order chi connectivity index (χ1) is 5.66. The second-order valence-electron chi connectivity index (χ2n) is 3.80. The van der Waals surface area contributed by atoms with E-state index >= 15 is 0 Å². The smallest absolute Gasteiger partial charge is 0.148 e. The molecule has 0 amide bonds. The Balaban J connectivity index is 2.28. The highest BCUT2D eigenvalue weighted by Crippen LogP contribution is 2.55. The Hall–Kier alpha value is -0.880. The molecule has 5 atom stereocenters. The van der Waals surface area contributed by atoms with Crippen LogP contribution in [-0.2, 0) is 0 Å². The molecule has 2 rings (SSSR count). The Morgan fingerprint density at radius 2 is 2.17 bits per heavy atom. The molecule has 0 saturated heterocycles. The van der Waals surface area contributed by atoms with E-state index in [4.69, 9.17) is 5.26 Å². The van der Waals surface area contributed by atoms with E-state index < -0.39 is 6.23 Å². The first kappa shape index (κ1) is 7.75. The summed E-state index contributed by atoms with van der Waals surface area (Å²) in [6, 6.07) is 2.25. The predicted octanol–water partition coefficient (Wildman–Crippen LogP) is 0.801. The third-order valence-corrected chi connectivity index (χ3v) is 3.17. The van der Waals surface area contributed by atoms with Crippen LogP contribution in [0.2, 0.25) is 0 Å². The lowest BCUT2D eigenvalue weighted by atomic mass is 9.95. The molecule has 1 heterocycles. The average Bonchev–Trinajstić information content (AvgIpc) is 2.63. The second-order valence-corrected chi connectivity index (χ2v) is 3.80. The molecule has 0 radical (unpaired) electrons. The van der Waals surface area contributed by atoms with E-state index in [2.05, 4.69) is 18.0 Å². The molecule has 1 saturated carbocycles. The number of aliphatic hydroxyl groups excluding tert-OH is 1. The molecule has 5 unspecified atom stereocenters. The van der Waals surface area contributed by atoms with Gasteiger partial charge >= 0.3 is 0 Å². The predicted molar refractivity (Wildman–Crippen MR) is 44.4 cm³/mol. The van der Waals surface area contributed by atoms with E-state index in [1.807, 2.05) is 6.92 Å². The van der Waals surface area contributed by atoms with Crippen molar-refractivity contribution in [3.05, 3.63) is 0 Å². The van der Waals surface area contributed by atoms with Gasteiger partial charge < -0.3 is 5.11 Å². The lowest BCUT2D eigenvalue weighted by molar-refractivity contribution is 0.143. The number of aliphatic imine (C=N–C) groups is 1. The SMILES string of the molecule is CC1=NC(O)C2C(C)C2C1C#N. The molecular weight excluding hydrogens is 152 g/mol. The standard InChI is InChI=1S/C9H12N2O/c1-4-7-6(3-10)5(2)11-9(12)8(4)7/h4,6-9,12H,1-2H3. The molecule has 3 nitrogen and oxygen atoms in total. The van der Waals surface area contributed by atoms with E-state index in [9.17, 15) is 5.11 Å². The minimum absolute atomic E-state index is 0.0478. The van der Waals surface area contributed by atoms with Gasteiger partial charge in [-0.3, -0.25) is 4.99 Å². The van der Waals surface area contributed by atoms with Gasteiger partial charge in [-0.2, -0.15) is 5.26 Å². The summed E-state index contributed by atoms with van der Waals surface area (Å²) in [5.41, 5.74) is 0.801. The van der Waals surface area contributed by atoms with Crippen LogP contribution in [0, 0.1) is 35.0 Å². The Morgan fingerprint density at radius 1 is 1.50 bits per heavy atom. The number of rotatable bonds is 0. The molecular formula is C9H12N2O. The maximum Gasteiger partial charge on any atom is 0.148 e. The van der Waals surface area contributed by atoms with Gasteiger partial charge in [0.1, 0.15) is 6.23 Å². The Labute approximate surface area is 71.7 Å². The Bertz CT molecular complexity index is 279.